The minimum absolute atomic E-state index is 0.0378. The Labute approximate surface area is 350 Å². The Kier molecular flexibility index (Phi) is 4.95. The Balaban J connectivity index is 1.02. The molecule has 0 amide bonds. The Morgan fingerprint density at radius 3 is 2.15 bits per heavy atom. The summed E-state index contributed by atoms with van der Waals surface area (Å²) in [6.45, 7) is 7.10. The molecule has 16 aliphatic rings. The Hall–Kier alpha value is -3.26. The summed E-state index contributed by atoms with van der Waals surface area (Å²) in [5.41, 5.74) is 19.0. The topological polar surface area (TPSA) is 18.5 Å². The van der Waals surface area contributed by atoms with E-state index >= 15 is 0 Å². The predicted octanol–water partition coefficient (Wildman–Crippen LogP) is 10.8. The van der Waals surface area contributed by atoms with E-state index in [0.29, 0.717) is 17.8 Å². The van der Waals surface area contributed by atoms with Crippen LogP contribution in [0.5, 0.6) is 11.5 Å². The molecule has 0 aliphatic heterocycles. The molecule has 0 aromatic heterocycles. The van der Waals surface area contributed by atoms with Gasteiger partial charge in [-0.15, -0.1) is 0 Å². The lowest BCUT2D eigenvalue weighted by Crippen LogP contribution is -2.58. The smallest absolute Gasteiger partial charge is 0.122 e. The molecule has 24 atom stereocenters. The molecule has 11 fully saturated rings. The summed E-state index contributed by atoms with van der Waals surface area (Å²) < 4.78 is 12.5. The maximum atomic E-state index is 6.41. The Bertz CT molecular complexity index is 2670. The molecule has 0 radical (unpaired) electrons. The van der Waals surface area contributed by atoms with Gasteiger partial charge in [0.2, 0.25) is 0 Å². The van der Waals surface area contributed by atoms with Gasteiger partial charge in [0.05, 0.1) is 14.2 Å². The second-order valence-electron chi connectivity index (χ2n) is 24.6. The number of benzene rings is 2. The molecule has 0 heterocycles. The van der Waals surface area contributed by atoms with E-state index in [4.69, 9.17) is 9.47 Å². The SMILES string of the molecule is COc1cc(C)ccc1CC12C3=CC4(c5ccc(OC)c(C)c5C)C=C5CC6CC7CC8CC9=CC%10C=C(C3)C1=C1C%10C3C9C8C8C7C7C6C5C5C6C7C8C3C1C6C2C54. The van der Waals surface area contributed by atoms with Crippen LogP contribution in [0, 0.1) is 156 Å². The maximum Gasteiger partial charge on any atom is 0.122 e. The first-order valence-electron chi connectivity index (χ1n) is 24.7. The highest BCUT2D eigenvalue weighted by molar-refractivity contribution is 5.69. The third-order valence-corrected chi connectivity index (χ3v) is 24.4. The van der Waals surface area contributed by atoms with Crippen molar-refractivity contribution in [1.82, 2.24) is 0 Å². The fraction of sp³-hybridized carbons (Fsp3) is 0.614. The van der Waals surface area contributed by atoms with Crippen LogP contribution in [0.1, 0.15) is 59.9 Å². The average Bonchev–Trinajstić information content (AvgIpc) is 4.07. The molecular formula is C57H58O2. The molecule has 2 heteroatoms. The summed E-state index contributed by atoms with van der Waals surface area (Å²) >= 11 is 0. The minimum atomic E-state index is -0.0378. The summed E-state index contributed by atoms with van der Waals surface area (Å²) in [6, 6.07) is 12.2. The molecule has 0 N–H and O–H groups in total. The van der Waals surface area contributed by atoms with E-state index in [1.807, 2.05) is 36.5 Å². The first-order chi connectivity index (χ1) is 28.9. The maximum absolute atomic E-state index is 6.41. The first kappa shape index (κ1) is 31.6. The van der Waals surface area contributed by atoms with Crippen LogP contribution in [-0.4, -0.2) is 14.2 Å². The second kappa shape index (κ2) is 9.25. The second-order valence-corrected chi connectivity index (χ2v) is 24.6. The fourth-order valence-electron chi connectivity index (χ4n) is 24.6. The van der Waals surface area contributed by atoms with Gasteiger partial charge in [0.15, 0.2) is 0 Å². The lowest BCUT2D eigenvalue weighted by molar-refractivity contribution is -0.123. The third-order valence-electron chi connectivity index (χ3n) is 24.4. The molecule has 59 heavy (non-hydrogen) atoms. The van der Waals surface area contributed by atoms with Gasteiger partial charge in [0.1, 0.15) is 11.5 Å². The highest BCUT2D eigenvalue weighted by Gasteiger charge is 2.87. The van der Waals surface area contributed by atoms with Gasteiger partial charge in [-0.1, -0.05) is 64.8 Å². The number of aryl methyl sites for hydroxylation is 1. The normalized spacial score (nSPS) is 57.1. The molecule has 2 aromatic rings. The van der Waals surface area contributed by atoms with E-state index in [-0.39, 0.29) is 10.8 Å². The highest BCUT2D eigenvalue weighted by Crippen LogP contribution is 2.92. The van der Waals surface area contributed by atoms with E-state index in [2.05, 4.69) is 81.0 Å². The summed E-state index contributed by atoms with van der Waals surface area (Å²) in [5, 5.41) is 0. The van der Waals surface area contributed by atoms with Crippen molar-refractivity contribution in [3.05, 3.63) is 116 Å². The fourth-order valence-corrected chi connectivity index (χ4v) is 24.6. The van der Waals surface area contributed by atoms with E-state index in [0.717, 1.165) is 130 Å². The van der Waals surface area contributed by atoms with Crippen molar-refractivity contribution >= 4 is 0 Å². The number of hydrogen-bond acceptors (Lipinski definition) is 2. The molecule has 0 bridgehead atoms. The monoisotopic (exact) mass is 774 g/mol. The van der Waals surface area contributed by atoms with Crippen molar-refractivity contribution in [2.75, 3.05) is 14.2 Å². The van der Waals surface area contributed by atoms with Crippen LogP contribution in [0.25, 0.3) is 0 Å². The van der Waals surface area contributed by atoms with Gasteiger partial charge in [-0.05, 0) is 235 Å². The molecule has 298 valence electrons. The largest absolute Gasteiger partial charge is 0.496 e. The lowest BCUT2D eigenvalue weighted by Gasteiger charge is -2.61. The number of methoxy groups -OCH3 is 2. The highest BCUT2D eigenvalue weighted by atomic mass is 16.5. The molecular weight excluding hydrogens is 717 g/mol. The molecule has 0 saturated heterocycles. The van der Waals surface area contributed by atoms with Gasteiger partial charge in [0, 0.05) is 16.7 Å². The van der Waals surface area contributed by atoms with Gasteiger partial charge in [-0.2, -0.15) is 0 Å². The molecule has 24 unspecified atom stereocenters. The first-order valence-corrected chi connectivity index (χ1v) is 24.7. The van der Waals surface area contributed by atoms with Crippen LogP contribution >= 0.6 is 0 Å². The van der Waals surface area contributed by atoms with Crippen molar-refractivity contribution in [1.29, 1.82) is 0 Å². The zero-order chi connectivity index (χ0) is 38.2. The van der Waals surface area contributed by atoms with Crippen molar-refractivity contribution in [2.45, 2.75) is 64.7 Å². The number of rotatable bonds is 5. The summed E-state index contributed by atoms with van der Waals surface area (Å²) in [6.07, 6.45) is 20.5. The molecule has 16 aliphatic carbocycles. The van der Waals surface area contributed by atoms with Gasteiger partial charge in [-0.3, -0.25) is 0 Å². The van der Waals surface area contributed by atoms with Crippen LogP contribution < -0.4 is 9.47 Å². The van der Waals surface area contributed by atoms with Crippen LogP contribution in [0.3, 0.4) is 0 Å². The zero-order valence-electron chi connectivity index (χ0n) is 35.5. The molecule has 2 aromatic carbocycles. The van der Waals surface area contributed by atoms with Crippen molar-refractivity contribution in [2.24, 2.45) is 136 Å². The number of hydrogen-bond donors (Lipinski definition) is 0. The third kappa shape index (κ3) is 2.84. The number of ether oxygens (including phenoxy) is 2. The standard InChI is InChI=1S/C57H58O2/c1-21-6-7-24(35(10-21)59-5)19-57-32-17-30-15-28-13-26-11-25-12-27-14-29-16-31-18-56(20-32,33-8-9-34(58-4)23(3)22(33)2)54-51-41(31)38(29)43-39(27)42-36(25)37(26)44-40(28)50(53(30)57)48-47(44)45(42)46(43)49(51)52(48)55(54)57/h6-10,13,15,18,20,25,27-29,36-49,51-52,54-55H,11-12,14,16-17,19H2,1-5H3. The van der Waals surface area contributed by atoms with Gasteiger partial charge < -0.3 is 9.47 Å². The average molecular weight is 775 g/mol. The zero-order valence-corrected chi connectivity index (χ0v) is 35.5. The summed E-state index contributed by atoms with van der Waals surface area (Å²) in [7, 11) is 3.83. The predicted molar refractivity (Wildman–Crippen MR) is 227 cm³/mol. The summed E-state index contributed by atoms with van der Waals surface area (Å²) in [4.78, 5) is 0. The number of allylic oxidation sites excluding steroid dienone is 10. The van der Waals surface area contributed by atoms with Crippen LogP contribution in [0.4, 0.5) is 0 Å². The van der Waals surface area contributed by atoms with Crippen LogP contribution in [0.15, 0.2) is 88.1 Å². The van der Waals surface area contributed by atoms with E-state index < -0.39 is 0 Å². The van der Waals surface area contributed by atoms with Gasteiger partial charge >= 0.3 is 0 Å². The molecule has 0 spiro atoms. The van der Waals surface area contributed by atoms with Crippen molar-refractivity contribution < 1.29 is 9.47 Å². The van der Waals surface area contributed by atoms with Gasteiger partial charge in [0.25, 0.3) is 0 Å². The quantitative estimate of drug-likeness (QED) is 0.282. The summed E-state index contributed by atoms with van der Waals surface area (Å²) in [5.74, 6) is 22.3. The van der Waals surface area contributed by atoms with Crippen molar-refractivity contribution in [3.8, 4) is 11.5 Å². The van der Waals surface area contributed by atoms with E-state index in [1.165, 1.54) is 41.5 Å². The Morgan fingerprint density at radius 1 is 0.610 bits per heavy atom. The Morgan fingerprint density at radius 2 is 1.34 bits per heavy atom. The lowest BCUT2D eigenvalue weighted by atomic mass is 9.42. The van der Waals surface area contributed by atoms with Crippen LogP contribution in [-0.2, 0) is 11.8 Å². The van der Waals surface area contributed by atoms with Crippen LogP contribution in [0.2, 0.25) is 0 Å². The van der Waals surface area contributed by atoms with E-state index in [1.54, 1.807) is 24.0 Å². The molecule has 18 rings (SSSR count). The minimum Gasteiger partial charge on any atom is -0.496 e. The van der Waals surface area contributed by atoms with Crippen molar-refractivity contribution in [3.63, 3.8) is 0 Å². The molecule has 11 saturated carbocycles. The van der Waals surface area contributed by atoms with E-state index in [9.17, 15) is 0 Å². The molecule has 2 nitrogen and oxygen atoms in total. The van der Waals surface area contributed by atoms with Gasteiger partial charge in [-0.25, -0.2) is 0 Å².